The van der Waals surface area contributed by atoms with Gasteiger partial charge in [-0.1, -0.05) is 19.1 Å². The number of nitrogens with zero attached hydrogens (tertiary/aromatic N) is 1. The summed E-state index contributed by atoms with van der Waals surface area (Å²) < 4.78 is 6.02. The average Bonchev–Trinajstić information content (AvgIpc) is 3.38. The van der Waals surface area contributed by atoms with E-state index in [4.69, 9.17) is 4.74 Å². The summed E-state index contributed by atoms with van der Waals surface area (Å²) in [5.41, 5.74) is 2.41. The molecule has 1 aromatic carbocycles. The predicted molar refractivity (Wildman–Crippen MR) is 101 cm³/mol. The first-order valence-electron chi connectivity index (χ1n) is 8.32. The molecule has 0 spiro atoms. The van der Waals surface area contributed by atoms with E-state index < -0.39 is 0 Å². The van der Waals surface area contributed by atoms with Crippen molar-refractivity contribution >= 4 is 17.7 Å². The van der Waals surface area contributed by atoms with Crippen LogP contribution in [0.1, 0.15) is 30.9 Å². The molecule has 0 bridgehead atoms. The lowest BCUT2D eigenvalue weighted by atomic mass is 10.1. The molecule has 1 aliphatic carbocycles. The van der Waals surface area contributed by atoms with Crippen molar-refractivity contribution in [2.45, 2.75) is 38.5 Å². The molecule has 0 amide bonds. The molecular formula is C18H29N3OS. The van der Waals surface area contributed by atoms with Gasteiger partial charge in [-0.05, 0) is 43.6 Å². The summed E-state index contributed by atoms with van der Waals surface area (Å²) in [6.45, 7) is 6.77. The number of hydrogen-bond donors (Lipinski definition) is 2. The van der Waals surface area contributed by atoms with Gasteiger partial charge in [-0.2, -0.15) is 11.8 Å². The molecule has 4 nitrogen and oxygen atoms in total. The smallest absolute Gasteiger partial charge is 0.191 e. The van der Waals surface area contributed by atoms with Gasteiger partial charge in [0.15, 0.2) is 5.96 Å². The highest BCUT2D eigenvalue weighted by molar-refractivity contribution is 7.99. The third kappa shape index (κ3) is 6.34. The lowest BCUT2D eigenvalue weighted by molar-refractivity contribution is 0.296. The Labute approximate surface area is 144 Å². The van der Waals surface area contributed by atoms with E-state index in [9.17, 15) is 0 Å². The van der Waals surface area contributed by atoms with E-state index in [1.165, 1.54) is 24.0 Å². The Morgan fingerprint density at radius 3 is 2.83 bits per heavy atom. The summed E-state index contributed by atoms with van der Waals surface area (Å²) in [5, 5.41) is 7.30. The summed E-state index contributed by atoms with van der Waals surface area (Å²) in [4.78, 5) is 4.29. The van der Waals surface area contributed by atoms with E-state index in [2.05, 4.69) is 53.9 Å². The van der Waals surface area contributed by atoms with Crippen molar-refractivity contribution in [2.24, 2.45) is 10.9 Å². The summed E-state index contributed by atoms with van der Waals surface area (Å²) in [7, 11) is 1.80. The Hall–Kier alpha value is -1.36. The fraction of sp³-hybridized carbons (Fsp3) is 0.611. The van der Waals surface area contributed by atoms with Crippen LogP contribution in [0.2, 0.25) is 0 Å². The summed E-state index contributed by atoms with van der Waals surface area (Å²) >= 11 is 1.85. The van der Waals surface area contributed by atoms with Crippen molar-refractivity contribution < 1.29 is 4.74 Å². The molecule has 23 heavy (non-hydrogen) atoms. The van der Waals surface area contributed by atoms with Gasteiger partial charge in [0, 0.05) is 31.0 Å². The monoisotopic (exact) mass is 335 g/mol. The minimum atomic E-state index is 0.561. The standard InChI is InChI=1S/C18H29N3OS/c1-13-5-8-16(17(9-13)22-12-15-6-7-15)11-21-18(19-3)20-10-14(2)23-4/h5,8-9,14-15H,6-7,10-12H2,1-4H3,(H2,19,20,21). The fourth-order valence-electron chi connectivity index (χ4n) is 2.16. The largest absolute Gasteiger partial charge is 0.493 e. The third-order valence-electron chi connectivity index (χ3n) is 4.02. The van der Waals surface area contributed by atoms with E-state index in [-0.39, 0.29) is 0 Å². The minimum Gasteiger partial charge on any atom is -0.493 e. The highest BCUT2D eigenvalue weighted by atomic mass is 32.2. The number of nitrogens with one attached hydrogen (secondary N) is 2. The Kier molecular flexibility index (Phi) is 7.09. The lowest BCUT2D eigenvalue weighted by Crippen LogP contribution is -2.39. The maximum atomic E-state index is 6.02. The molecule has 1 saturated carbocycles. The van der Waals surface area contributed by atoms with Gasteiger partial charge in [0.1, 0.15) is 5.75 Å². The zero-order chi connectivity index (χ0) is 16.7. The van der Waals surface area contributed by atoms with Crippen LogP contribution >= 0.6 is 11.8 Å². The number of ether oxygens (including phenoxy) is 1. The van der Waals surface area contributed by atoms with Gasteiger partial charge in [-0.3, -0.25) is 4.99 Å². The molecule has 0 saturated heterocycles. The number of aliphatic imine (C=N–C) groups is 1. The Bertz CT molecular complexity index is 529. The molecular weight excluding hydrogens is 306 g/mol. The summed E-state index contributed by atoms with van der Waals surface area (Å²) in [6.07, 6.45) is 4.74. The van der Waals surface area contributed by atoms with E-state index >= 15 is 0 Å². The molecule has 2 N–H and O–H groups in total. The van der Waals surface area contributed by atoms with Gasteiger partial charge in [0.2, 0.25) is 0 Å². The molecule has 0 heterocycles. The Balaban J connectivity index is 1.89. The molecule has 128 valence electrons. The number of guanidine groups is 1. The van der Waals surface area contributed by atoms with Crippen LogP contribution < -0.4 is 15.4 Å². The molecule has 1 unspecified atom stereocenters. The third-order valence-corrected chi connectivity index (χ3v) is 4.99. The zero-order valence-electron chi connectivity index (χ0n) is 14.7. The lowest BCUT2D eigenvalue weighted by Gasteiger charge is -2.16. The summed E-state index contributed by atoms with van der Waals surface area (Å²) in [5.74, 6) is 2.59. The van der Waals surface area contributed by atoms with Crippen molar-refractivity contribution in [3.05, 3.63) is 29.3 Å². The average molecular weight is 336 g/mol. The SMILES string of the molecule is CN=C(NCc1ccc(C)cc1OCC1CC1)NCC(C)SC. The highest BCUT2D eigenvalue weighted by Gasteiger charge is 2.22. The Morgan fingerprint density at radius 2 is 2.17 bits per heavy atom. The minimum absolute atomic E-state index is 0.561. The molecule has 0 radical (unpaired) electrons. The summed E-state index contributed by atoms with van der Waals surface area (Å²) in [6, 6.07) is 6.40. The number of aryl methyl sites for hydroxylation is 1. The van der Waals surface area contributed by atoms with Crippen molar-refractivity contribution in [3.8, 4) is 5.75 Å². The van der Waals surface area contributed by atoms with Crippen LogP contribution in [0, 0.1) is 12.8 Å². The van der Waals surface area contributed by atoms with Gasteiger partial charge in [-0.25, -0.2) is 0 Å². The first-order chi connectivity index (χ1) is 11.1. The normalized spacial score (nSPS) is 16.1. The van der Waals surface area contributed by atoms with Crippen LogP contribution in [-0.4, -0.2) is 37.7 Å². The Morgan fingerprint density at radius 1 is 1.39 bits per heavy atom. The fourth-order valence-corrected chi connectivity index (χ4v) is 2.41. The van der Waals surface area contributed by atoms with Crippen molar-refractivity contribution in [1.82, 2.24) is 10.6 Å². The van der Waals surface area contributed by atoms with Crippen LogP contribution in [0.15, 0.2) is 23.2 Å². The molecule has 0 aromatic heterocycles. The second-order valence-corrected chi connectivity index (χ2v) is 7.49. The second-order valence-electron chi connectivity index (χ2n) is 6.22. The van der Waals surface area contributed by atoms with Crippen LogP contribution in [-0.2, 0) is 6.54 Å². The van der Waals surface area contributed by atoms with Gasteiger partial charge in [0.05, 0.1) is 6.61 Å². The van der Waals surface area contributed by atoms with Gasteiger partial charge >= 0.3 is 0 Å². The molecule has 0 aliphatic heterocycles. The number of benzene rings is 1. The predicted octanol–water partition coefficient (Wildman–Crippen LogP) is 3.20. The number of hydrogen-bond acceptors (Lipinski definition) is 3. The second kappa shape index (κ2) is 9.06. The maximum Gasteiger partial charge on any atom is 0.191 e. The maximum absolute atomic E-state index is 6.02. The molecule has 1 fully saturated rings. The van der Waals surface area contributed by atoms with E-state index in [1.807, 2.05) is 11.8 Å². The van der Waals surface area contributed by atoms with Crippen LogP contribution in [0.4, 0.5) is 0 Å². The van der Waals surface area contributed by atoms with Crippen LogP contribution in [0.3, 0.4) is 0 Å². The van der Waals surface area contributed by atoms with Crippen molar-refractivity contribution in [3.63, 3.8) is 0 Å². The molecule has 2 rings (SSSR count). The number of thioether (sulfide) groups is 1. The van der Waals surface area contributed by atoms with Crippen molar-refractivity contribution in [1.29, 1.82) is 0 Å². The van der Waals surface area contributed by atoms with Gasteiger partial charge < -0.3 is 15.4 Å². The highest BCUT2D eigenvalue weighted by Crippen LogP contribution is 2.30. The number of rotatable bonds is 8. The zero-order valence-corrected chi connectivity index (χ0v) is 15.5. The van der Waals surface area contributed by atoms with E-state index in [1.54, 1.807) is 7.05 Å². The molecule has 5 heteroatoms. The van der Waals surface area contributed by atoms with Crippen LogP contribution in [0.5, 0.6) is 5.75 Å². The first-order valence-corrected chi connectivity index (χ1v) is 9.60. The molecule has 1 atom stereocenters. The van der Waals surface area contributed by atoms with Gasteiger partial charge in [-0.15, -0.1) is 0 Å². The van der Waals surface area contributed by atoms with E-state index in [0.29, 0.717) is 11.8 Å². The molecule has 1 aliphatic rings. The van der Waals surface area contributed by atoms with Crippen LogP contribution in [0.25, 0.3) is 0 Å². The van der Waals surface area contributed by atoms with Crippen molar-refractivity contribution in [2.75, 3.05) is 26.5 Å². The van der Waals surface area contributed by atoms with Gasteiger partial charge in [0.25, 0.3) is 0 Å². The van der Waals surface area contributed by atoms with E-state index in [0.717, 1.165) is 30.8 Å². The topological polar surface area (TPSA) is 45.7 Å². The quantitative estimate of drug-likeness (QED) is 0.566. The molecule has 1 aromatic rings. The first kappa shape index (κ1) is 18.0.